The Morgan fingerprint density at radius 2 is 1.83 bits per heavy atom. The molecule has 0 radical (unpaired) electrons. The average molecular weight is 344 g/mol. The van der Waals surface area contributed by atoms with Gasteiger partial charge in [-0.05, 0) is 29.1 Å². The van der Waals surface area contributed by atoms with Crippen LogP contribution in [0.25, 0.3) is 0 Å². The number of anilines is 1. The number of benzene rings is 1. The molecule has 0 aliphatic carbocycles. The summed E-state index contributed by atoms with van der Waals surface area (Å²) in [5.74, 6) is 0.0855. The van der Waals surface area contributed by atoms with Crippen molar-refractivity contribution in [1.29, 1.82) is 0 Å². The van der Waals surface area contributed by atoms with Gasteiger partial charge in [0.25, 0.3) is 0 Å². The van der Waals surface area contributed by atoms with E-state index in [4.69, 9.17) is 4.74 Å². The monoisotopic (exact) mass is 344 g/mol. The second-order valence-corrected chi connectivity index (χ2v) is 6.70. The molecule has 2 aromatic rings. The van der Waals surface area contributed by atoms with Crippen LogP contribution in [0.4, 0.5) is 5.69 Å². The van der Waals surface area contributed by atoms with E-state index < -0.39 is 0 Å². The first-order chi connectivity index (χ1) is 11.7. The number of nitrogens with zero attached hydrogens (tertiary/aromatic N) is 1. The number of nitrogens with one attached hydrogen (secondary N) is 1. The first-order valence-electron chi connectivity index (χ1n) is 7.97. The molecule has 0 spiro atoms. The first-order valence-corrected chi connectivity index (χ1v) is 8.85. The maximum Gasteiger partial charge on any atom is 0.229 e. The first kappa shape index (κ1) is 16.7. The normalized spacial score (nSPS) is 14.4. The second-order valence-electron chi connectivity index (χ2n) is 5.67. The van der Waals surface area contributed by atoms with Gasteiger partial charge in [-0.15, -0.1) is 11.3 Å². The van der Waals surface area contributed by atoms with Gasteiger partial charge in [0, 0.05) is 23.7 Å². The smallest absolute Gasteiger partial charge is 0.229 e. The third-order valence-electron chi connectivity index (χ3n) is 3.87. The lowest BCUT2D eigenvalue weighted by molar-refractivity contribution is -0.134. The van der Waals surface area contributed by atoms with Crippen molar-refractivity contribution < 1.29 is 14.3 Å². The number of morpholine rings is 1. The number of hydrogen-bond donors (Lipinski definition) is 1. The molecule has 1 saturated heterocycles. The Kier molecular flexibility index (Phi) is 5.61. The van der Waals surface area contributed by atoms with Gasteiger partial charge < -0.3 is 15.0 Å². The van der Waals surface area contributed by atoms with Gasteiger partial charge in [-0.2, -0.15) is 0 Å². The zero-order valence-corrected chi connectivity index (χ0v) is 14.2. The van der Waals surface area contributed by atoms with E-state index in [1.54, 1.807) is 11.3 Å². The van der Waals surface area contributed by atoms with E-state index >= 15 is 0 Å². The number of ether oxygens (including phenoxy) is 1. The lowest BCUT2D eigenvalue weighted by Crippen LogP contribution is -2.41. The summed E-state index contributed by atoms with van der Waals surface area (Å²) in [7, 11) is 0. The maximum atomic E-state index is 12.2. The minimum absolute atomic E-state index is 0.0328. The van der Waals surface area contributed by atoms with Gasteiger partial charge in [0.05, 0.1) is 26.1 Å². The Hall–Kier alpha value is -2.18. The zero-order chi connectivity index (χ0) is 16.8. The predicted molar refractivity (Wildman–Crippen MR) is 94.2 cm³/mol. The Labute approximate surface area is 145 Å². The Balaban J connectivity index is 1.51. The minimum Gasteiger partial charge on any atom is -0.378 e. The van der Waals surface area contributed by atoms with Gasteiger partial charge in [-0.3, -0.25) is 9.59 Å². The standard InChI is InChI=1S/C18H20N2O3S/c21-17(13-16-2-1-11-24-16)19-15-5-3-14(4-6-15)12-18(22)20-7-9-23-10-8-20/h1-6,11H,7-10,12-13H2,(H,19,21). The molecular formula is C18H20N2O3S. The van der Waals surface area contributed by atoms with Crippen molar-refractivity contribution in [3.63, 3.8) is 0 Å². The molecule has 2 heterocycles. The summed E-state index contributed by atoms with van der Waals surface area (Å²) in [6.07, 6.45) is 0.762. The van der Waals surface area contributed by atoms with Crippen molar-refractivity contribution in [2.24, 2.45) is 0 Å². The summed E-state index contributed by atoms with van der Waals surface area (Å²) >= 11 is 1.57. The molecule has 5 nitrogen and oxygen atoms in total. The summed E-state index contributed by atoms with van der Waals surface area (Å²) in [4.78, 5) is 27.1. The van der Waals surface area contributed by atoms with Crippen LogP contribution in [0.1, 0.15) is 10.4 Å². The average Bonchev–Trinajstić information content (AvgIpc) is 3.10. The van der Waals surface area contributed by atoms with E-state index in [1.165, 1.54) is 0 Å². The molecule has 6 heteroatoms. The maximum absolute atomic E-state index is 12.2. The van der Waals surface area contributed by atoms with Crippen LogP contribution in [0.15, 0.2) is 41.8 Å². The molecule has 1 aliphatic rings. The molecule has 24 heavy (non-hydrogen) atoms. The van der Waals surface area contributed by atoms with Gasteiger partial charge >= 0.3 is 0 Å². The van der Waals surface area contributed by atoms with Crippen molar-refractivity contribution in [2.75, 3.05) is 31.6 Å². The summed E-state index contributed by atoms with van der Waals surface area (Å²) in [5, 5.41) is 4.84. The number of thiophene rings is 1. The van der Waals surface area contributed by atoms with E-state index in [0.29, 0.717) is 39.1 Å². The van der Waals surface area contributed by atoms with Gasteiger partial charge in [0.1, 0.15) is 0 Å². The molecular weight excluding hydrogens is 324 g/mol. The highest BCUT2D eigenvalue weighted by molar-refractivity contribution is 7.10. The molecule has 0 saturated carbocycles. The van der Waals surface area contributed by atoms with Crippen molar-refractivity contribution in [1.82, 2.24) is 4.90 Å². The molecule has 3 rings (SSSR count). The van der Waals surface area contributed by atoms with Crippen molar-refractivity contribution >= 4 is 28.8 Å². The van der Waals surface area contributed by atoms with Crippen LogP contribution in [0.3, 0.4) is 0 Å². The Bertz CT molecular complexity index is 677. The van der Waals surface area contributed by atoms with Crippen molar-refractivity contribution in [3.8, 4) is 0 Å². The van der Waals surface area contributed by atoms with Crippen LogP contribution in [0.2, 0.25) is 0 Å². The lowest BCUT2D eigenvalue weighted by Gasteiger charge is -2.26. The molecule has 126 valence electrons. The summed E-state index contributed by atoms with van der Waals surface area (Å²) in [6.45, 7) is 2.55. The SMILES string of the molecule is O=C(Cc1cccs1)Nc1ccc(CC(=O)N2CCOCC2)cc1. The van der Waals surface area contributed by atoms with Crippen molar-refractivity contribution in [2.45, 2.75) is 12.8 Å². The molecule has 1 aromatic carbocycles. The van der Waals surface area contributed by atoms with Gasteiger partial charge in [0.2, 0.25) is 11.8 Å². The highest BCUT2D eigenvalue weighted by atomic mass is 32.1. The molecule has 1 aromatic heterocycles. The Morgan fingerprint density at radius 3 is 2.50 bits per heavy atom. The van der Waals surface area contributed by atoms with Crippen molar-refractivity contribution in [3.05, 3.63) is 52.2 Å². The van der Waals surface area contributed by atoms with Crippen LogP contribution in [-0.2, 0) is 27.2 Å². The molecule has 1 fully saturated rings. The van der Waals surface area contributed by atoms with Gasteiger partial charge in [-0.1, -0.05) is 18.2 Å². The fourth-order valence-electron chi connectivity index (χ4n) is 2.58. The number of carbonyl (C=O) groups excluding carboxylic acids is 2. The van der Waals surface area contributed by atoms with E-state index in [-0.39, 0.29) is 11.8 Å². The number of amides is 2. The molecule has 0 unspecified atom stereocenters. The number of rotatable bonds is 5. The van der Waals surface area contributed by atoms with E-state index in [2.05, 4.69) is 5.32 Å². The van der Waals surface area contributed by atoms with Gasteiger partial charge in [0.15, 0.2) is 0 Å². The molecule has 2 amide bonds. The third-order valence-corrected chi connectivity index (χ3v) is 4.75. The van der Waals surface area contributed by atoms with E-state index in [9.17, 15) is 9.59 Å². The predicted octanol–water partition coefficient (Wildman–Crippen LogP) is 2.33. The Morgan fingerprint density at radius 1 is 1.08 bits per heavy atom. The quantitative estimate of drug-likeness (QED) is 0.906. The van der Waals surface area contributed by atoms with Crippen LogP contribution < -0.4 is 5.32 Å². The largest absolute Gasteiger partial charge is 0.378 e. The number of carbonyl (C=O) groups is 2. The second kappa shape index (κ2) is 8.08. The van der Waals surface area contributed by atoms with Crippen LogP contribution in [0.5, 0.6) is 0 Å². The highest BCUT2D eigenvalue weighted by Crippen LogP contribution is 2.14. The molecule has 0 atom stereocenters. The van der Waals surface area contributed by atoms with Crippen LogP contribution >= 0.6 is 11.3 Å². The summed E-state index contributed by atoms with van der Waals surface area (Å²) in [6, 6.07) is 11.3. The van der Waals surface area contributed by atoms with Gasteiger partial charge in [-0.25, -0.2) is 0 Å². The summed E-state index contributed by atoms with van der Waals surface area (Å²) in [5.41, 5.74) is 1.70. The summed E-state index contributed by atoms with van der Waals surface area (Å²) < 4.78 is 5.26. The molecule has 0 bridgehead atoms. The van der Waals surface area contributed by atoms with Crippen LogP contribution in [0, 0.1) is 0 Å². The fraction of sp³-hybridized carbons (Fsp3) is 0.333. The lowest BCUT2D eigenvalue weighted by atomic mass is 10.1. The van der Waals surface area contributed by atoms with Crippen LogP contribution in [-0.4, -0.2) is 43.0 Å². The zero-order valence-electron chi connectivity index (χ0n) is 13.4. The fourth-order valence-corrected chi connectivity index (χ4v) is 3.29. The highest BCUT2D eigenvalue weighted by Gasteiger charge is 2.16. The topological polar surface area (TPSA) is 58.6 Å². The van der Waals surface area contributed by atoms with E-state index in [1.807, 2.05) is 46.7 Å². The molecule has 1 N–H and O–H groups in total. The molecule has 1 aliphatic heterocycles. The minimum atomic E-state index is -0.0328. The third kappa shape index (κ3) is 4.66. The number of hydrogen-bond acceptors (Lipinski definition) is 4. The van der Waals surface area contributed by atoms with E-state index in [0.717, 1.165) is 16.1 Å².